The summed E-state index contributed by atoms with van der Waals surface area (Å²) in [6.45, 7) is 7.81. The van der Waals surface area contributed by atoms with Gasteiger partial charge in [-0.05, 0) is 56.2 Å². The van der Waals surface area contributed by atoms with Crippen molar-refractivity contribution in [2.75, 3.05) is 39.3 Å². The van der Waals surface area contributed by atoms with Gasteiger partial charge in [0.1, 0.15) is 0 Å². The lowest BCUT2D eigenvalue weighted by atomic mass is 9.89. The normalized spacial score (nSPS) is 18.5. The molecule has 1 heterocycles. The minimum atomic E-state index is -0.0159. The average Bonchev–Trinajstić information content (AvgIpc) is 2.68. The van der Waals surface area contributed by atoms with Crippen molar-refractivity contribution in [3.8, 4) is 0 Å². The molecule has 1 aliphatic heterocycles. The summed E-state index contributed by atoms with van der Waals surface area (Å²) >= 11 is 0. The number of likely N-dealkylation sites (N-methyl/N-ethyl adjacent to an activating group) is 1. The van der Waals surface area contributed by atoms with Gasteiger partial charge < -0.3 is 15.5 Å². The fourth-order valence-electron chi connectivity index (χ4n) is 3.95. The van der Waals surface area contributed by atoms with Crippen molar-refractivity contribution < 1.29 is 9.59 Å². The maximum absolute atomic E-state index is 12.6. The summed E-state index contributed by atoms with van der Waals surface area (Å²) in [6.07, 6.45) is 4.87. The molecule has 6 nitrogen and oxygen atoms in total. The summed E-state index contributed by atoms with van der Waals surface area (Å²) < 4.78 is 0. The van der Waals surface area contributed by atoms with E-state index in [1.165, 1.54) is 36.0 Å². The number of urea groups is 1. The van der Waals surface area contributed by atoms with Crippen LogP contribution in [-0.4, -0.2) is 61.0 Å². The Kier molecular flexibility index (Phi) is 6.72. The minimum Gasteiger partial charge on any atom is -0.355 e. The number of benzene rings is 1. The molecule has 1 saturated heterocycles. The second-order valence-electron chi connectivity index (χ2n) is 7.62. The number of rotatable bonds is 5. The molecule has 3 amide bonds. The number of hydrogen-bond donors (Lipinski definition) is 2. The monoisotopic (exact) mass is 372 g/mol. The van der Waals surface area contributed by atoms with Crippen LogP contribution in [0.2, 0.25) is 0 Å². The van der Waals surface area contributed by atoms with Crippen LogP contribution in [0.25, 0.3) is 0 Å². The van der Waals surface area contributed by atoms with Gasteiger partial charge in [-0.1, -0.05) is 18.2 Å². The highest BCUT2D eigenvalue weighted by molar-refractivity contribution is 5.78. The van der Waals surface area contributed by atoms with Gasteiger partial charge in [-0.2, -0.15) is 0 Å². The highest BCUT2D eigenvalue weighted by atomic mass is 16.2. The molecule has 1 aromatic rings. The van der Waals surface area contributed by atoms with Crippen LogP contribution in [0.15, 0.2) is 18.2 Å². The molecule has 0 aromatic heterocycles. The Morgan fingerprint density at radius 3 is 2.48 bits per heavy atom. The molecule has 3 rings (SSSR count). The Labute approximate surface area is 162 Å². The van der Waals surface area contributed by atoms with E-state index in [0.717, 1.165) is 19.5 Å². The Morgan fingerprint density at radius 2 is 1.78 bits per heavy atom. The molecule has 1 unspecified atom stereocenters. The number of nitrogens with zero attached hydrogens (tertiary/aromatic N) is 2. The predicted molar refractivity (Wildman–Crippen MR) is 107 cm³/mol. The lowest BCUT2D eigenvalue weighted by molar-refractivity contribution is -0.122. The van der Waals surface area contributed by atoms with E-state index in [2.05, 4.69) is 33.7 Å². The molecular formula is C21H32N4O2. The van der Waals surface area contributed by atoms with Gasteiger partial charge in [-0.15, -0.1) is 0 Å². The van der Waals surface area contributed by atoms with Crippen LogP contribution in [0, 0.1) is 0 Å². The summed E-state index contributed by atoms with van der Waals surface area (Å²) in [7, 11) is 0. The van der Waals surface area contributed by atoms with Crippen molar-refractivity contribution in [2.24, 2.45) is 0 Å². The van der Waals surface area contributed by atoms with Gasteiger partial charge in [0, 0.05) is 32.7 Å². The van der Waals surface area contributed by atoms with Crippen LogP contribution in [-0.2, 0) is 17.6 Å². The molecule has 1 aliphatic carbocycles. The Bertz CT molecular complexity index is 668. The smallest absolute Gasteiger partial charge is 0.317 e. The van der Waals surface area contributed by atoms with Crippen LogP contribution in [0.4, 0.5) is 4.79 Å². The average molecular weight is 373 g/mol. The number of carbonyl (C=O) groups is 2. The first-order chi connectivity index (χ1) is 13.1. The third-order valence-electron chi connectivity index (χ3n) is 5.61. The summed E-state index contributed by atoms with van der Waals surface area (Å²) in [5, 5.41) is 5.96. The Hall–Kier alpha value is -2.08. The maximum atomic E-state index is 12.6. The van der Waals surface area contributed by atoms with E-state index in [-0.39, 0.29) is 18.0 Å². The number of piperazine rings is 1. The molecule has 0 saturated carbocycles. The number of carbonyl (C=O) groups excluding carboxylic acids is 2. The molecule has 6 heteroatoms. The van der Waals surface area contributed by atoms with Crippen LogP contribution >= 0.6 is 0 Å². The van der Waals surface area contributed by atoms with Gasteiger partial charge >= 0.3 is 6.03 Å². The highest BCUT2D eigenvalue weighted by Crippen LogP contribution is 2.24. The van der Waals surface area contributed by atoms with Crippen molar-refractivity contribution in [3.63, 3.8) is 0 Å². The lowest BCUT2D eigenvalue weighted by Gasteiger charge is -2.35. The Morgan fingerprint density at radius 1 is 1.07 bits per heavy atom. The molecule has 2 N–H and O–H groups in total. The molecule has 0 spiro atoms. The summed E-state index contributed by atoms with van der Waals surface area (Å²) in [5.74, 6) is 0.0523. The van der Waals surface area contributed by atoms with Gasteiger partial charge in [0.05, 0.1) is 12.6 Å². The zero-order valence-electron chi connectivity index (χ0n) is 16.6. The number of hydrogen-bond acceptors (Lipinski definition) is 3. The maximum Gasteiger partial charge on any atom is 0.317 e. The fourth-order valence-corrected chi connectivity index (χ4v) is 3.95. The molecule has 1 atom stereocenters. The standard InChI is InChI=1S/C21H32N4O2/c1-3-22-20(26)15-24-10-12-25(13-11-24)21(27)23-16(2)18-9-8-17-6-4-5-7-19(17)14-18/h8-9,14,16H,3-7,10-13,15H2,1-2H3,(H,22,26)(H,23,27). The number of amides is 3. The van der Waals surface area contributed by atoms with Crippen molar-refractivity contribution in [2.45, 2.75) is 45.6 Å². The van der Waals surface area contributed by atoms with Gasteiger partial charge in [0.2, 0.25) is 5.91 Å². The number of aryl methyl sites for hydroxylation is 2. The lowest BCUT2D eigenvalue weighted by Crippen LogP contribution is -2.53. The third kappa shape index (κ3) is 5.22. The van der Waals surface area contributed by atoms with E-state index < -0.39 is 0 Å². The molecular weight excluding hydrogens is 340 g/mol. The first-order valence-electron chi connectivity index (χ1n) is 10.2. The van der Waals surface area contributed by atoms with Gasteiger partial charge in [0.15, 0.2) is 0 Å². The summed E-state index contributed by atoms with van der Waals surface area (Å²) in [6, 6.07) is 6.63. The second kappa shape index (κ2) is 9.22. The largest absolute Gasteiger partial charge is 0.355 e. The first-order valence-corrected chi connectivity index (χ1v) is 10.2. The first kappa shape index (κ1) is 19.7. The predicted octanol–water partition coefficient (Wildman–Crippen LogP) is 2.09. The second-order valence-corrected chi connectivity index (χ2v) is 7.62. The summed E-state index contributed by atoms with van der Waals surface area (Å²) in [5.41, 5.74) is 4.09. The van der Waals surface area contributed by atoms with Crippen LogP contribution in [0.5, 0.6) is 0 Å². The molecule has 2 aliphatic rings. The highest BCUT2D eigenvalue weighted by Gasteiger charge is 2.23. The van der Waals surface area contributed by atoms with Gasteiger partial charge in [-0.25, -0.2) is 4.79 Å². The SMILES string of the molecule is CCNC(=O)CN1CCN(C(=O)NC(C)c2ccc3c(c2)CCCC3)CC1. The molecule has 0 bridgehead atoms. The molecule has 27 heavy (non-hydrogen) atoms. The van der Waals surface area contributed by atoms with E-state index in [0.29, 0.717) is 26.2 Å². The van der Waals surface area contributed by atoms with E-state index in [9.17, 15) is 9.59 Å². The van der Waals surface area contributed by atoms with Gasteiger partial charge in [0.25, 0.3) is 0 Å². The molecule has 1 fully saturated rings. The zero-order chi connectivity index (χ0) is 19.2. The Balaban J connectivity index is 1.48. The molecule has 0 radical (unpaired) electrons. The number of nitrogens with one attached hydrogen (secondary N) is 2. The van der Waals surface area contributed by atoms with Crippen LogP contribution in [0.1, 0.15) is 49.4 Å². The van der Waals surface area contributed by atoms with Crippen LogP contribution < -0.4 is 10.6 Å². The van der Waals surface area contributed by atoms with Gasteiger partial charge in [-0.3, -0.25) is 9.69 Å². The topological polar surface area (TPSA) is 64.7 Å². The fraction of sp³-hybridized carbons (Fsp3) is 0.619. The zero-order valence-corrected chi connectivity index (χ0v) is 16.6. The molecule has 1 aromatic carbocycles. The van der Waals surface area contributed by atoms with Crippen molar-refractivity contribution in [3.05, 3.63) is 34.9 Å². The quantitative estimate of drug-likeness (QED) is 0.832. The van der Waals surface area contributed by atoms with E-state index >= 15 is 0 Å². The van der Waals surface area contributed by atoms with Crippen molar-refractivity contribution in [1.82, 2.24) is 20.4 Å². The molecule has 148 valence electrons. The van der Waals surface area contributed by atoms with E-state index in [1.807, 2.05) is 18.7 Å². The minimum absolute atomic E-state index is 0.00177. The van der Waals surface area contributed by atoms with E-state index in [4.69, 9.17) is 0 Å². The van der Waals surface area contributed by atoms with E-state index in [1.54, 1.807) is 0 Å². The summed E-state index contributed by atoms with van der Waals surface area (Å²) in [4.78, 5) is 28.3. The van der Waals surface area contributed by atoms with Crippen molar-refractivity contribution >= 4 is 11.9 Å². The van der Waals surface area contributed by atoms with Crippen LogP contribution in [0.3, 0.4) is 0 Å². The third-order valence-corrected chi connectivity index (χ3v) is 5.61. The van der Waals surface area contributed by atoms with Crippen molar-refractivity contribution in [1.29, 1.82) is 0 Å². The number of fused-ring (bicyclic) bond motifs is 1.